The van der Waals surface area contributed by atoms with E-state index in [1.165, 1.54) is 5.56 Å². The minimum atomic E-state index is 0.211. The Morgan fingerprint density at radius 2 is 1.65 bits per heavy atom. The van der Waals surface area contributed by atoms with Crippen LogP contribution in [0.5, 0.6) is 5.75 Å². The van der Waals surface area contributed by atoms with E-state index in [4.69, 9.17) is 0 Å². The van der Waals surface area contributed by atoms with Gasteiger partial charge < -0.3 is 5.11 Å². The number of aryl methyl sites for hydroxylation is 1. The van der Waals surface area contributed by atoms with Crippen molar-refractivity contribution in [1.29, 1.82) is 0 Å². The summed E-state index contributed by atoms with van der Waals surface area (Å²) in [4.78, 5) is 4.58. The first-order chi connectivity index (χ1) is 12.7. The second kappa shape index (κ2) is 5.38. The number of phenolic OH excluding ortho intramolecular Hbond substituents is 1. The van der Waals surface area contributed by atoms with Crippen molar-refractivity contribution in [2.75, 3.05) is 0 Å². The maximum atomic E-state index is 9.47. The summed E-state index contributed by atoms with van der Waals surface area (Å²) >= 11 is 0. The third-order valence-electron chi connectivity index (χ3n) is 4.38. The minimum absolute atomic E-state index is 0.211. The van der Waals surface area contributed by atoms with E-state index in [0.717, 1.165) is 22.3 Å². The number of phenols is 1. The molecule has 7 heteroatoms. The first-order valence-corrected chi connectivity index (χ1v) is 8.14. The molecule has 0 aliphatic carbocycles. The van der Waals surface area contributed by atoms with Crippen molar-refractivity contribution in [3.05, 3.63) is 66.6 Å². The molecule has 7 nitrogen and oxygen atoms in total. The predicted molar refractivity (Wildman–Crippen MR) is 97.2 cm³/mol. The standard InChI is InChI=1S/C19H14N6O/c1-12-2-6-14(7-3-12)25-18-16(10-21-25)19-23-22-17(24(19)11-20-18)13-4-8-15(26)9-5-13/h2-11,26H,1H3. The summed E-state index contributed by atoms with van der Waals surface area (Å²) in [6, 6.07) is 15.0. The molecule has 3 heterocycles. The second-order valence-corrected chi connectivity index (χ2v) is 6.14. The van der Waals surface area contributed by atoms with Gasteiger partial charge in [-0.1, -0.05) is 17.7 Å². The van der Waals surface area contributed by atoms with Gasteiger partial charge in [-0.15, -0.1) is 10.2 Å². The van der Waals surface area contributed by atoms with E-state index >= 15 is 0 Å². The van der Waals surface area contributed by atoms with Gasteiger partial charge in [0.15, 0.2) is 17.1 Å². The molecule has 5 rings (SSSR count). The van der Waals surface area contributed by atoms with Gasteiger partial charge in [-0.2, -0.15) is 5.10 Å². The largest absolute Gasteiger partial charge is 0.508 e. The zero-order valence-electron chi connectivity index (χ0n) is 13.9. The smallest absolute Gasteiger partial charge is 0.175 e. The van der Waals surface area contributed by atoms with Gasteiger partial charge in [-0.25, -0.2) is 9.67 Å². The first-order valence-electron chi connectivity index (χ1n) is 8.14. The first kappa shape index (κ1) is 14.6. The lowest BCUT2D eigenvalue weighted by atomic mass is 10.2. The fourth-order valence-electron chi connectivity index (χ4n) is 3.00. The zero-order chi connectivity index (χ0) is 17.7. The summed E-state index contributed by atoms with van der Waals surface area (Å²) < 4.78 is 3.62. The molecule has 0 bridgehead atoms. The van der Waals surface area contributed by atoms with E-state index in [1.54, 1.807) is 41.5 Å². The number of rotatable bonds is 2. The number of hydrogen-bond acceptors (Lipinski definition) is 5. The van der Waals surface area contributed by atoms with Crippen LogP contribution in [0.15, 0.2) is 61.1 Å². The van der Waals surface area contributed by atoms with Crippen molar-refractivity contribution < 1.29 is 5.11 Å². The average molecular weight is 342 g/mol. The molecule has 26 heavy (non-hydrogen) atoms. The normalized spacial score (nSPS) is 11.4. The van der Waals surface area contributed by atoms with E-state index in [-0.39, 0.29) is 5.75 Å². The van der Waals surface area contributed by atoms with Crippen LogP contribution in [0.3, 0.4) is 0 Å². The summed E-state index contributed by atoms with van der Waals surface area (Å²) in [6.07, 6.45) is 3.46. The number of benzene rings is 2. The number of nitrogens with zero attached hydrogens (tertiary/aromatic N) is 6. The zero-order valence-corrected chi connectivity index (χ0v) is 13.9. The topological polar surface area (TPSA) is 81.1 Å². The quantitative estimate of drug-likeness (QED) is 0.533. The molecule has 0 atom stereocenters. The van der Waals surface area contributed by atoms with Gasteiger partial charge in [0.25, 0.3) is 0 Å². The van der Waals surface area contributed by atoms with Gasteiger partial charge in [-0.05, 0) is 43.3 Å². The Hall–Kier alpha value is -3.74. The minimum Gasteiger partial charge on any atom is -0.508 e. The Balaban J connectivity index is 1.70. The summed E-state index contributed by atoms with van der Waals surface area (Å²) in [7, 11) is 0. The van der Waals surface area contributed by atoms with Crippen LogP contribution in [0, 0.1) is 6.92 Å². The van der Waals surface area contributed by atoms with E-state index in [0.29, 0.717) is 11.5 Å². The van der Waals surface area contributed by atoms with E-state index in [1.807, 2.05) is 35.6 Å². The molecule has 0 spiro atoms. The Kier molecular flexibility index (Phi) is 3.02. The Morgan fingerprint density at radius 1 is 0.885 bits per heavy atom. The molecule has 5 aromatic rings. The molecule has 1 N–H and O–H groups in total. The molecular weight excluding hydrogens is 328 g/mol. The fourth-order valence-corrected chi connectivity index (χ4v) is 3.00. The summed E-state index contributed by atoms with van der Waals surface area (Å²) in [6.45, 7) is 2.05. The van der Waals surface area contributed by atoms with Gasteiger partial charge in [-0.3, -0.25) is 4.40 Å². The monoisotopic (exact) mass is 342 g/mol. The molecule has 0 aliphatic heterocycles. The molecule has 0 amide bonds. The predicted octanol–water partition coefficient (Wildman–Crippen LogP) is 3.14. The lowest BCUT2D eigenvalue weighted by Crippen LogP contribution is -1.99. The van der Waals surface area contributed by atoms with Crippen molar-refractivity contribution in [2.45, 2.75) is 6.92 Å². The third kappa shape index (κ3) is 2.14. The molecule has 3 aromatic heterocycles. The van der Waals surface area contributed by atoms with Crippen LogP contribution in [-0.4, -0.2) is 34.5 Å². The van der Waals surface area contributed by atoms with Crippen molar-refractivity contribution in [3.8, 4) is 22.8 Å². The van der Waals surface area contributed by atoms with Crippen molar-refractivity contribution in [2.24, 2.45) is 0 Å². The van der Waals surface area contributed by atoms with Crippen molar-refractivity contribution >= 4 is 16.7 Å². The van der Waals surface area contributed by atoms with Gasteiger partial charge in [0.2, 0.25) is 0 Å². The molecule has 0 saturated carbocycles. The number of aromatic hydroxyl groups is 1. The van der Waals surface area contributed by atoms with Gasteiger partial charge in [0, 0.05) is 5.56 Å². The van der Waals surface area contributed by atoms with Crippen LogP contribution in [0.25, 0.3) is 33.8 Å². The lowest BCUT2D eigenvalue weighted by molar-refractivity contribution is 0.475. The molecule has 126 valence electrons. The summed E-state index contributed by atoms with van der Waals surface area (Å²) in [5, 5.41) is 23.4. The summed E-state index contributed by atoms with van der Waals surface area (Å²) in [5.41, 5.74) is 4.40. The van der Waals surface area contributed by atoms with Crippen LogP contribution in [0.1, 0.15) is 5.56 Å². The Morgan fingerprint density at radius 3 is 2.42 bits per heavy atom. The van der Waals surface area contributed by atoms with Crippen LogP contribution in [0.4, 0.5) is 0 Å². The number of fused-ring (bicyclic) bond motifs is 3. The number of hydrogen-bond donors (Lipinski definition) is 1. The van der Waals surface area contributed by atoms with Crippen LogP contribution >= 0.6 is 0 Å². The molecule has 0 fully saturated rings. The van der Waals surface area contributed by atoms with Crippen molar-refractivity contribution in [1.82, 2.24) is 29.4 Å². The highest BCUT2D eigenvalue weighted by Crippen LogP contribution is 2.25. The van der Waals surface area contributed by atoms with E-state index in [9.17, 15) is 5.11 Å². The molecule has 0 aliphatic rings. The molecule has 0 saturated heterocycles. The average Bonchev–Trinajstić information content (AvgIpc) is 3.27. The SMILES string of the molecule is Cc1ccc(-n2ncc3c2ncn2c(-c4ccc(O)cc4)nnc32)cc1. The molecule has 2 aromatic carbocycles. The maximum absolute atomic E-state index is 9.47. The third-order valence-corrected chi connectivity index (χ3v) is 4.38. The van der Waals surface area contributed by atoms with E-state index < -0.39 is 0 Å². The maximum Gasteiger partial charge on any atom is 0.175 e. The van der Waals surface area contributed by atoms with Gasteiger partial charge in [0.05, 0.1) is 17.3 Å². The molecule has 0 radical (unpaired) electrons. The van der Waals surface area contributed by atoms with Gasteiger partial charge in [0.1, 0.15) is 12.1 Å². The van der Waals surface area contributed by atoms with Crippen LogP contribution in [0.2, 0.25) is 0 Å². The Bertz CT molecular complexity index is 1140. The molecular formula is C19H14N6O. The fraction of sp³-hybridized carbons (Fsp3) is 0.0526. The van der Waals surface area contributed by atoms with Crippen LogP contribution in [-0.2, 0) is 0 Å². The van der Waals surface area contributed by atoms with Crippen LogP contribution < -0.4 is 0 Å². The number of aromatic nitrogens is 6. The highest BCUT2D eigenvalue weighted by Gasteiger charge is 2.15. The second-order valence-electron chi connectivity index (χ2n) is 6.14. The Labute approximate surface area is 148 Å². The highest BCUT2D eigenvalue weighted by atomic mass is 16.3. The van der Waals surface area contributed by atoms with Gasteiger partial charge >= 0.3 is 0 Å². The van der Waals surface area contributed by atoms with E-state index in [2.05, 4.69) is 20.3 Å². The lowest BCUT2D eigenvalue weighted by Gasteiger charge is -2.04. The molecule has 0 unspecified atom stereocenters. The van der Waals surface area contributed by atoms with Crippen molar-refractivity contribution in [3.63, 3.8) is 0 Å². The highest BCUT2D eigenvalue weighted by molar-refractivity contribution is 5.90. The summed E-state index contributed by atoms with van der Waals surface area (Å²) in [5.74, 6) is 0.875.